The number of benzene rings is 1. The van der Waals surface area contributed by atoms with E-state index in [0.29, 0.717) is 6.61 Å². The molecule has 3 heteroatoms. The zero-order valence-electron chi connectivity index (χ0n) is 12.0. The molecule has 0 aliphatic carbocycles. The van der Waals surface area contributed by atoms with Crippen molar-refractivity contribution in [2.75, 3.05) is 12.3 Å². The Balaban J connectivity index is 2.68. The van der Waals surface area contributed by atoms with Gasteiger partial charge in [0.05, 0.1) is 12.5 Å². The average Bonchev–Trinajstić information content (AvgIpc) is 2.40. The van der Waals surface area contributed by atoms with Crippen LogP contribution >= 0.6 is 0 Å². The molecule has 0 bridgehead atoms. The van der Waals surface area contributed by atoms with Gasteiger partial charge in [0.25, 0.3) is 0 Å². The molecule has 19 heavy (non-hydrogen) atoms. The van der Waals surface area contributed by atoms with Gasteiger partial charge in [-0.2, -0.15) is 0 Å². The highest BCUT2D eigenvalue weighted by Crippen LogP contribution is 2.25. The van der Waals surface area contributed by atoms with Gasteiger partial charge in [-0.3, -0.25) is 4.79 Å². The molecule has 0 heterocycles. The number of carbonyl (C=O) groups is 1. The minimum atomic E-state index is -0.155. The number of anilines is 1. The second-order valence-electron chi connectivity index (χ2n) is 4.82. The zero-order chi connectivity index (χ0) is 14.1. The quantitative estimate of drug-likeness (QED) is 0.440. The molecule has 0 saturated carbocycles. The van der Waals surface area contributed by atoms with E-state index in [1.165, 1.54) is 19.3 Å². The van der Waals surface area contributed by atoms with Crippen molar-refractivity contribution in [1.82, 2.24) is 0 Å². The molecule has 2 N–H and O–H groups in total. The van der Waals surface area contributed by atoms with E-state index in [4.69, 9.17) is 10.5 Å². The Labute approximate surface area is 116 Å². The molecule has 1 aromatic carbocycles. The highest BCUT2D eigenvalue weighted by atomic mass is 16.5. The number of carbonyl (C=O) groups excluding carboxylic acids is 1. The lowest BCUT2D eigenvalue weighted by Crippen LogP contribution is -2.16. The molecule has 1 aromatic rings. The monoisotopic (exact) mass is 263 g/mol. The number of ether oxygens (including phenoxy) is 1. The molecular weight excluding hydrogens is 238 g/mol. The van der Waals surface area contributed by atoms with Crippen LogP contribution in [0.2, 0.25) is 0 Å². The molecule has 0 aliphatic rings. The third-order valence-corrected chi connectivity index (χ3v) is 3.26. The van der Waals surface area contributed by atoms with E-state index < -0.39 is 0 Å². The van der Waals surface area contributed by atoms with E-state index in [9.17, 15) is 4.79 Å². The van der Waals surface area contributed by atoms with E-state index >= 15 is 0 Å². The van der Waals surface area contributed by atoms with Crippen LogP contribution in [0.4, 0.5) is 5.69 Å². The van der Waals surface area contributed by atoms with Crippen LogP contribution in [0.5, 0.6) is 0 Å². The molecule has 0 spiro atoms. The fourth-order valence-electron chi connectivity index (χ4n) is 2.17. The van der Waals surface area contributed by atoms with Crippen molar-refractivity contribution in [3.05, 3.63) is 29.8 Å². The first-order chi connectivity index (χ1) is 9.19. The van der Waals surface area contributed by atoms with Crippen molar-refractivity contribution in [1.29, 1.82) is 0 Å². The summed E-state index contributed by atoms with van der Waals surface area (Å²) in [6, 6.07) is 7.54. The van der Waals surface area contributed by atoms with E-state index in [2.05, 4.69) is 6.92 Å². The van der Waals surface area contributed by atoms with Crippen LogP contribution in [0.3, 0.4) is 0 Å². The Bertz CT molecular complexity index is 373. The lowest BCUT2D eigenvalue weighted by atomic mass is 9.93. The molecule has 1 rings (SSSR count). The third kappa shape index (κ3) is 5.33. The first-order valence-corrected chi connectivity index (χ1v) is 7.21. The molecule has 0 saturated heterocycles. The first-order valence-electron chi connectivity index (χ1n) is 7.21. The van der Waals surface area contributed by atoms with Crippen molar-refractivity contribution in [2.45, 2.75) is 51.9 Å². The molecule has 0 fully saturated rings. The van der Waals surface area contributed by atoms with Gasteiger partial charge >= 0.3 is 5.97 Å². The van der Waals surface area contributed by atoms with Crippen molar-refractivity contribution in [2.24, 2.45) is 0 Å². The van der Waals surface area contributed by atoms with Crippen LogP contribution < -0.4 is 5.73 Å². The van der Waals surface area contributed by atoms with Crippen LogP contribution in [0.25, 0.3) is 0 Å². The predicted octanol–water partition coefficient (Wildman–Crippen LogP) is 3.89. The Kier molecular flexibility index (Phi) is 7.01. The number of rotatable bonds is 8. The van der Waals surface area contributed by atoms with Crippen LogP contribution in [-0.4, -0.2) is 12.6 Å². The SMILES string of the molecule is CCCCCCC(C(=O)OCC)c1ccc(N)cc1. The van der Waals surface area contributed by atoms with E-state index in [1.807, 2.05) is 31.2 Å². The first kappa shape index (κ1) is 15.5. The predicted molar refractivity (Wildman–Crippen MR) is 79.0 cm³/mol. The summed E-state index contributed by atoms with van der Waals surface area (Å²) in [5.74, 6) is -0.277. The van der Waals surface area contributed by atoms with Gasteiger partial charge in [0.15, 0.2) is 0 Å². The number of hydrogen-bond acceptors (Lipinski definition) is 3. The van der Waals surface area contributed by atoms with Gasteiger partial charge in [0.1, 0.15) is 0 Å². The molecule has 1 unspecified atom stereocenters. The van der Waals surface area contributed by atoms with E-state index in [-0.39, 0.29) is 11.9 Å². The number of nitrogens with two attached hydrogens (primary N) is 1. The van der Waals surface area contributed by atoms with Crippen LogP contribution in [0.1, 0.15) is 57.4 Å². The molecule has 0 aliphatic heterocycles. The van der Waals surface area contributed by atoms with E-state index in [0.717, 1.165) is 24.1 Å². The minimum absolute atomic E-state index is 0.122. The average molecular weight is 263 g/mol. The largest absolute Gasteiger partial charge is 0.466 e. The summed E-state index contributed by atoms with van der Waals surface area (Å²) < 4.78 is 5.18. The van der Waals surface area contributed by atoms with Gasteiger partial charge in [-0.05, 0) is 31.0 Å². The van der Waals surface area contributed by atoms with Gasteiger partial charge in [-0.15, -0.1) is 0 Å². The van der Waals surface area contributed by atoms with Crippen LogP contribution in [-0.2, 0) is 9.53 Å². The maximum absolute atomic E-state index is 12.0. The Morgan fingerprint density at radius 2 is 1.84 bits per heavy atom. The maximum atomic E-state index is 12.0. The lowest BCUT2D eigenvalue weighted by molar-refractivity contribution is -0.145. The van der Waals surface area contributed by atoms with Gasteiger partial charge in [0, 0.05) is 5.69 Å². The van der Waals surface area contributed by atoms with Gasteiger partial charge < -0.3 is 10.5 Å². The molecule has 0 radical (unpaired) electrons. The van der Waals surface area contributed by atoms with Gasteiger partial charge in [-0.1, -0.05) is 44.7 Å². The smallest absolute Gasteiger partial charge is 0.313 e. The van der Waals surface area contributed by atoms with Crippen LogP contribution in [0.15, 0.2) is 24.3 Å². The Hall–Kier alpha value is -1.51. The molecule has 106 valence electrons. The maximum Gasteiger partial charge on any atom is 0.313 e. The summed E-state index contributed by atoms with van der Waals surface area (Å²) in [5.41, 5.74) is 7.41. The Morgan fingerprint density at radius 3 is 2.42 bits per heavy atom. The molecule has 0 amide bonds. The zero-order valence-corrected chi connectivity index (χ0v) is 12.0. The number of unbranched alkanes of at least 4 members (excludes halogenated alkanes) is 3. The molecular formula is C16H25NO2. The van der Waals surface area contributed by atoms with Gasteiger partial charge in [0.2, 0.25) is 0 Å². The summed E-state index contributed by atoms with van der Waals surface area (Å²) in [7, 11) is 0. The highest BCUT2D eigenvalue weighted by molar-refractivity contribution is 5.78. The fourth-order valence-corrected chi connectivity index (χ4v) is 2.17. The standard InChI is InChI=1S/C16H25NO2/c1-3-5-6-7-8-15(16(18)19-4-2)13-9-11-14(17)12-10-13/h9-12,15H,3-8,17H2,1-2H3. The van der Waals surface area contributed by atoms with Crippen molar-refractivity contribution in [3.63, 3.8) is 0 Å². The molecule has 1 atom stereocenters. The second-order valence-corrected chi connectivity index (χ2v) is 4.82. The van der Waals surface area contributed by atoms with E-state index in [1.54, 1.807) is 0 Å². The minimum Gasteiger partial charge on any atom is -0.466 e. The van der Waals surface area contributed by atoms with Crippen LogP contribution in [0, 0.1) is 0 Å². The summed E-state index contributed by atoms with van der Waals surface area (Å²) in [4.78, 5) is 12.0. The number of esters is 1. The summed E-state index contributed by atoms with van der Waals surface area (Å²) in [6.45, 7) is 4.46. The summed E-state index contributed by atoms with van der Waals surface area (Å²) in [6.07, 6.45) is 5.50. The normalized spacial score (nSPS) is 12.1. The topological polar surface area (TPSA) is 52.3 Å². The van der Waals surface area contributed by atoms with Crippen molar-refractivity contribution >= 4 is 11.7 Å². The molecule has 0 aromatic heterocycles. The number of nitrogen functional groups attached to an aromatic ring is 1. The fraction of sp³-hybridized carbons (Fsp3) is 0.562. The summed E-state index contributed by atoms with van der Waals surface area (Å²) in [5, 5.41) is 0. The Morgan fingerprint density at radius 1 is 1.16 bits per heavy atom. The third-order valence-electron chi connectivity index (χ3n) is 3.26. The second kappa shape index (κ2) is 8.57. The molecule has 3 nitrogen and oxygen atoms in total. The lowest BCUT2D eigenvalue weighted by Gasteiger charge is -2.16. The van der Waals surface area contributed by atoms with Gasteiger partial charge in [-0.25, -0.2) is 0 Å². The highest BCUT2D eigenvalue weighted by Gasteiger charge is 2.21. The van der Waals surface area contributed by atoms with Crippen molar-refractivity contribution in [3.8, 4) is 0 Å². The summed E-state index contributed by atoms with van der Waals surface area (Å²) >= 11 is 0. The van der Waals surface area contributed by atoms with Crippen molar-refractivity contribution < 1.29 is 9.53 Å². The number of hydrogen-bond donors (Lipinski definition) is 1.